The molecule has 0 N–H and O–H groups in total. The van der Waals surface area contributed by atoms with E-state index in [4.69, 9.17) is 23.7 Å². The van der Waals surface area contributed by atoms with Gasteiger partial charge >= 0.3 is 17.9 Å². The number of methoxy groups -OCH3 is 1. The van der Waals surface area contributed by atoms with Crippen molar-refractivity contribution in [2.24, 2.45) is 0 Å². The predicted molar refractivity (Wildman–Crippen MR) is 143 cm³/mol. The van der Waals surface area contributed by atoms with E-state index in [0.717, 1.165) is 0 Å². The van der Waals surface area contributed by atoms with Crippen molar-refractivity contribution in [2.75, 3.05) is 47.6 Å². The largest absolute Gasteiger partial charge is 0.494 e. The van der Waals surface area contributed by atoms with Crippen LogP contribution < -0.4 is 14.2 Å². The molecule has 0 bridgehead atoms. The van der Waals surface area contributed by atoms with Crippen LogP contribution in [-0.2, 0) is 19.1 Å². The molecule has 2 aromatic carbocycles. The second-order valence-electron chi connectivity index (χ2n) is 8.60. The number of carbonyl (C=O) groups is 3. The summed E-state index contributed by atoms with van der Waals surface area (Å²) in [4.78, 5) is 37.7. The minimum Gasteiger partial charge on any atom is -0.494 e. The number of likely N-dealkylation sites (N-methyl/N-ethyl adjacent to an activating group) is 1. The quantitative estimate of drug-likeness (QED) is 0.146. The molecule has 0 aromatic heterocycles. The SMILES string of the molecule is C=C(C)C(=O)OCCCCOc1ccc(C(=O)Oc2ccc(C=CC(=O)OCCN(C)C)cc2OC)cc1. The van der Waals surface area contributed by atoms with Crippen molar-refractivity contribution in [1.82, 2.24) is 4.90 Å². The Bertz CT molecular complexity index is 1120. The second kappa shape index (κ2) is 15.9. The molecule has 204 valence electrons. The molecule has 0 saturated heterocycles. The van der Waals surface area contributed by atoms with E-state index in [9.17, 15) is 14.4 Å². The van der Waals surface area contributed by atoms with Gasteiger partial charge in [-0.05, 0) is 81.9 Å². The lowest BCUT2D eigenvalue weighted by Crippen LogP contribution is -2.19. The van der Waals surface area contributed by atoms with E-state index in [2.05, 4.69) is 6.58 Å². The molecule has 0 atom stereocenters. The Kier molecular flexibility index (Phi) is 12.6. The van der Waals surface area contributed by atoms with Crippen molar-refractivity contribution in [2.45, 2.75) is 19.8 Å². The Labute approximate surface area is 223 Å². The predicted octanol–water partition coefficient (Wildman–Crippen LogP) is 4.31. The summed E-state index contributed by atoms with van der Waals surface area (Å²) in [5.74, 6) is -0.201. The third-order valence-electron chi connectivity index (χ3n) is 5.06. The molecule has 0 heterocycles. The van der Waals surface area contributed by atoms with Gasteiger partial charge in [0.05, 0.1) is 25.9 Å². The smallest absolute Gasteiger partial charge is 0.343 e. The summed E-state index contributed by atoms with van der Waals surface area (Å²) in [6.45, 7) is 6.83. The standard InChI is InChI=1S/C29H35NO8/c1-21(2)28(32)37-18-7-6-17-35-24-12-10-23(11-13-24)29(33)38-25-14-8-22(20-26(25)34-5)9-15-27(31)36-19-16-30(3)4/h8-15,20H,1,6-7,16-19H2,2-5H3. The second-order valence-corrected chi connectivity index (χ2v) is 8.60. The van der Waals surface area contributed by atoms with E-state index in [-0.39, 0.29) is 5.75 Å². The molecule has 0 unspecified atom stereocenters. The zero-order chi connectivity index (χ0) is 27.9. The van der Waals surface area contributed by atoms with Gasteiger partial charge in [-0.1, -0.05) is 12.6 Å². The average molecular weight is 526 g/mol. The first-order valence-corrected chi connectivity index (χ1v) is 12.1. The van der Waals surface area contributed by atoms with Crippen molar-refractivity contribution < 1.29 is 38.1 Å². The van der Waals surface area contributed by atoms with Crippen LogP contribution in [0.2, 0.25) is 0 Å². The fourth-order valence-corrected chi connectivity index (χ4v) is 2.94. The van der Waals surface area contributed by atoms with Gasteiger partial charge in [-0.15, -0.1) is 0 Å². The van der Waals surface area contributed by atoms with Crippen molar-refractivity contribution in [3.05, 3.63) is 71.8 Å². The summed E-state index contributed by atoms with van der Waals surface area (Å²) >= 11 is 0. The highest BCUT2D eigenvalue weighted by Crippen LogP contribution is 2.29. The van der Waals surface area contributed by atoms with Gasteiger partial charge in [-0.25, -0.2) is 14.4 Å². The topological polar surface area (TPSA) is 101 Å². The summed E-state index contributed by atoms with van der Waals surface area (Å²) in [7, 11) is 5.26. The van der Waals surface area contributed by atoms with E-state index in [1.54, 1.807) is 55.5 Å². The molecular formula is C29H35NO8. The Morgan fingerprint density at radius 2 is 1.63 bits per heavy atom. The van der Waals surface area contributed by atoms with Crippen LogP contribution in [0.15, 0.2) is 60.7 Å². The van der Waals surface area contributed by atoms with Gasteiger partial charge in [0.1, 0.15) is 12.4 Å². The Morgan fingerprint density at radius 1 is 0.921 bits per heavy atom. The first-order valence-electron chi connectivity index (χ1n) is 12.1. The zero-order valence-electron chi connectivity index (χ0n) is 22.4. The van der Waals surface area contributed by atoms with Crippen molar-refractivity contribution in [3.8, 4) is 17.2 Å². The van der Waals surface area contributed by atoms with Gasteiger partial charge in [0.25, 0.3) is 0 Å². The van der Waals surface area contributed by atoms with Crippen LogP contribution in [0.1, 0.15) is 35.7 Å². The van der Waals surface area contributed by atoms with Crippen LogP contribution in [0.25, 0.3) is 6.08 Å². The summed E-state index contributed by atoms with van der Waals surface area (Å²) in [5.41, 5.74) is 1.40. The molecule has 0 aliphatic carbocycles. The number of hydrogen-bond acceptors (Lipinski definition) is 9. The maximum Gasteiger partial charge on any atom is 0.343 e. The first-order chi connectivity index (χ1) is 18.2. The van der Waals surface area contributed by atoms with Gasteiger partial charge in [0.15, 0.2) is 11.5 Å². The highest BCUT2D eigenvalue weighted by molar-refractivity contribution is 5.91. The molecule has 2 aromatic rings. The van der Waals surface area contributed by atoms with E-state index >= 15 is 0 Å². The molecule has 0 spiro atoms. The highest BCUT2D eigenvalue weighted by atomic mass is 16.6. The van der Waals surface area contributed by atoms with Crippen LogP contribution in [0, 0.1) is 0 Å². The van der Waals surface area contributed by atoms with Gasteiger partial charge in [-0.2, -0.15) is 0 Å². The number of benzene rings is 2. The van der Waals surface area contributed by atoms with Crippen molar-refractivity contribution in [1.29, 1.82) is 0 Å². The number of nitrogens with zero attached hydrogens (tertiary/aromatic N) is 1. The number of esters is 3. The Balaban J connectivity index is 1.84. The molecule has 0 amide bonds. The van der Waals surface area contributed by atoms with Crippen LogP contribution in [0.4, 0.5) is 0 Å². The molecule has 9 nitrogen and oxygen atoms in total. The van der Waals surface area contributed by atoms with Gasteiger partial charge in [0.2, 0.25) is 0 Å². The molecular weight excluding hydrogens is 490 g/mol. The lowest BCUT2D eigenvalue weighted by molar-refractivity contribution is -0.139. The highest BCUT2D eigenvalue weighted by Gasteiger charge is 2.13. The van der Waals surface area contributed by atoms with E-state index in [1.165, 1.54) is 13.2 Å². The molecule has 38 heavy (non-hydrogen) atoms. The molecule has 9 heteroatoms. The normalized spacial score (nSPS) is 10.8. The number of rotatable bonds is 15. The van der Waals surface area contributed by atoms with Gasteiger partial charge in [-0.3, -0.25) is 0 Å². The minimum absolute atomic E-state index is 0.246. The maximum absolute atomic E-state index is 12.6. The van der Waals surface area contributed by atoms with Crippen LogP contribution in [0.3, 0.4) is 0 Å². The third-order valence-corrected chi connectivity index (χ3v) is 5.06. The average Bonchev–Trinajstić information content (AvgIpc) is 2.89. The number of unbranched alkanes of at least 4 members (excludes halogenated alkanes) is 1. The number of ether oxygens (including phenoxy) is 5. The molecule has 0 aliphatic heterocycles. The monoisotopic (exact) mass is 525 g/mol. The lowest BCUT2D eigenvalue weighted by Gasteiger charge is -2.11. The summed E-state index contributed by atoms with van der Waals surface area (Å²) in [6, 6.07) is 11.5. The van der Waals surface area contributed by atoms with Crippen molar-refractivity contribution in [3.63, 3.8) is 0 Å². The third kappa shape index (κ3) is 10.9. The van der Waals surface area contributed by atoms with Gasteiger partial charge in [0, 0.05) is 18.2 Å². The van der Waals surface area contributed by atoms with Crippen molar-refractivity contribution >= 4 is 24.0 Å². The lowest BCUT2D eigenvalue weighted by atomic mass is 10.2. The summed E-state index contributed by atoms with van der Waals surface area (Å²) in [5, 5.41) is 0. The van der Waals surface area contributed by atoms with Gasteiger partial charge < -0.3 is 28.6 Å². The minimum atomic E-state index is -0.554. The fourth-order valence-electron chi connectivity index (χ4n) is 2.94. The zero-order valence-corrected chi connectivity index (χ0v) is 22.4. The molecule has 0 fully saturated rings. The molecule has 0 radical (unpaired) electrons. The first kappa shape index (κ1) is 30.1. The molecule has 2 rings (SSSR count). The number of hydrogen-bond donors (Lipinski definition) is 0. The number of carbonyl (C=O) groups excluding carboxylic acids is 3. The van der Waals surface area contributed by atoms with Crippen LogP contribution in [-0.4, -0.2) is 70.4 Å². The summed E-state index contributed by atoms with van der Waals surface area (Å²) < 4.78 is 26.7. The summed E-state index contributed by atoms with van der Waals surface area (Å²) in [6.07, 6.45) is 4.30. The maximum atomic E-state index is 12.6. The van der Waals surface area contributed by atoms with Crippen LogP contribution >= 0.6 is 0 Å². The van der Waals surface area contributed by atoms with E-state index in [0.29, 0.717) is 67.4 Å². The Hall–Kier alpha value is -4.11. The van der Waals surface area contributed by atoms with E-state index < -0.39 is 17.9 Å². The Morgan fingerprint density at radius 3 is 2.29 bits per heavy atom. The molecule has 0 aliphatic rings. The molecule has 0 saturated carbocycles. The fraction of sp³-hybridized carbons (Fsp3) is 0.345. The van der Waals surface area contributed by atoms with Crippen LogP contribution in [0.5, 0.6) is 17.2 Å². The van der Waals surface area contributed by atoms with E-state index in [1.807, 2.05) is 19.0 Å².